The molecule has 0 aliphatic carbocycles. The van der Waals surface area contributed by atoms with Crippen LogP contribution in [0, 0.1) is 0 Å². The first-order chi connectivity index (χ1) is 6.15. The topological polar surface area (TPSA) is 44.9 Å². The third-order valence-corrected chi connectivity index (χ3v) is 2.48. The van der Waals surface area contributed by atoms with Crippen molar-refractivity contribution in [3.63, 3.8) is 0 Å². The molecule has 4 nitrogen and oxygen atoms in total. The van der Waals surface area contributed by atoms with Crippen LogP contribution in [0.15, 0.2) is 4.99 Å². The van der Waals surface area contributed by atoms with E-state index in [2.05, 4.69) is 28.9 Å². The summed E-state index contributed by atoms with van der Waals surface area (Å²) in [6.45, 7) is 2.12. The third-order valence-electron chi connectivity index (χ3n) is 2.48. The van der Waals surface area contributed by atoms with E-state index in [4.69, 9.17) is 5.73 Å². The summed E-state index contributed by atoms with van der Waals surface area (Å²) in [5.41, 5.74) is 5.80. The van der Waals surface area contributed by atoms with Crippen LogP contribution < -0.4 is 5.73 Å². The van der Waals surface area contributed by atoms with Crippen LogP contribution in [0.4, 0.5) is 0 Å². The number of nitrogens with two attached hydrogens (primary N) is 1. The molecular weight excluding hydrogens is 164 g/mol. The van der Waals surface area contributed by atoms with E-state index >= 15 is 0 Å². The van der Waals surface area contributed by atoms with Crippen molar-refractivity contribution in [3.8, 4) is 0 Å². The minimum Gasteiger partial charge on any atom is -0.370 e. The average molecular weight is 184 g/mol. The maximum Gasteiger partial charge on any atom is 0.191 e. The van der Waals surface area contributed by atoms with E-state index in [9.17, 15) is 0 Å². The molecule has 1 heterocycles. The van der Waals surface area contributed by atoms with E-state index in [1.54, 1.807) is 7.05 Å². The summed E-state index contributed by atoms with van der Waals surface area (Å²) in [5.74, 6) is 0.685. The lowest BCUT2D eigenvalue weighted by Crippen LogP contribution is -2.44. The molecule has 0 aromatic rings. The van der Waals surface area contributed by atoms with Gasteiger partial charge in [0.05, 0.1) is 0 Å². The van der Waals surface area contributed by atoms with Gasteiger partial charge >= 0.3 is 0 Å². The Labute approximate surface area is 80.4 Å². The van der Waals surface area contributed by atoms with Gasteiger partial charge in [-0.25, -0.2) is 0 Å². The Morgan fingerprint density at radius 2 is 2.31 bits per heavy atom. The number of hydrogen-bond donors (Lipinski definition) is 1. The Morgan fingerprint density at radius 1 is 1.62 bits per heavy atom. The molecule has 2 N–H and O–H groups in total. The quantitative estimate of drug-likeness (QED) is 0.484. The summed E-state index contributed by atoms with van der Waals surface area (Å²) in [5, 5.41) is 0. The fourth-order valence-corrected chi connectivity index (χ4v) is 1.88. The van der Waals surface area contributed by atoms with Crippen molar-refractivity contribution in [2.24, 2.45) is 10.7 Å². The van der Waals surface area contributed by atoms with Gasteiger partial charge in [0, 0.05) is 26.2 Å². The molecule has 0 spiro atoms. The minimum atomic E-state index is 0.554. The maximum absolute atomic E-state index is 5.80. The predicted octanol–water partition coefficient (Wildman–Crippen LogP) is -0.0431. The Kier molecular flexibility index (Phi) is 3.54. The number of likely N-dealkylation sites (N-methyl/N-ethyl adjacent to an activating group) is 1. The zero-order valence-corrected chi connectivity index (χ0v) is 8.82. The van der Waals surface area contributed by atoms with Gasteiger partial charge in [-0.05, 0) is 26.9 Å². The molecule has 1 unspecified atom stereocenters. The third kappa shape index (κ3) is 2.59. The lowest BCUT2D eigenvalue weighted by Gasteiger charge is -2.27. The predicted molar refractivity (Wildman–Crippen MR) is 55.8 cm³/mol. The second kappa shape index (κ2) is 4.46. The van der Waals surface area contributed by atoms with Gasteiger partial charge in [-0.15, -0.1) is 0 Å². The lowest BCUT2D eigenvalue weighted by atomic mass is 10.2. The smallest absolute Gasteiger partial charge is 0.191 e. The van der Waals surface area contributed by atoms with Crippen molar-refractivity contribution in [3.05, 3.63) is 0 Å². The van der Waals surface area contributed by atoms with Crippen molar-refractivity contribution in [1.29, 1.82) is 0 Å². The van der Waals surface area contributed by atoms with Crippen LogP contribution >= 0.6 is 0 Å². The number of guanidine groups is 1. The number of hydrogen-bond acceptors (Lipinski definition) is 2. The Morgan fingerprint density at radius 3 is 2.85 bits per heavy atom. The van der Waals surface area contributed by atoms with Crippen molar-refractivity contribution in [2.45, 2.75) is 18.9 Å². The fourth-order valence-electron chi connectivity index (χ4n) is 1.88. The van der Waals surface area contributed by atoms with Gasteiger partial charge in [0.1, 0.15) is 0 Å². The molecule has 1 aliphatic heterocycles. The first-order valence-electron chi connectivity index (χ1n) is 4.78. The highest BCUT2D eigenvalue weighted by atomic mass is 15.3. The second-order valence-corrected chi connectivity index (χ2v) is 3.83. The van der Waals surface area contributed by atoms with E-state index < -0.39 is 0 Å². The van der Waals surface area contributed by atoms with Crippen LogP contribution in [-0.2, 0) is 0 Å². The van der Waals surface area contributed by atoms with Crippen LogP contribution in [0.1, 0.15) is 12.8 Å². The summed E-state index contributed by atoms with van der Waals surface area (Å²) in [6.07, 6.45) is 2.46. The first-order valence-corrected chi connectivity index (χ1v) is 4.78. The number of aliphatic imine (C=N–C) groups is 1. The normalized spacial score (nSPS) is 24.5. The molecule has 0 radical (unpaired) electrons. The van der Waals surface area contributed by atoms with Crippen LogP contribution in [0.2, 0.25) is 0 Å². The zero-order valence-electron chi connectivity index (χ0n) is 8.82. The monoisotopic (exact) mass is 184 g/mol. The standard InChI is InChI=1S/C9H20N4/c1-11-9(10)13-6-4-5-8(13)7-12(2)3/h8H,4-7H2,1-3H3,(H2,10,11). The second-order valence-electron chi connectivity index (χ2n) is 3.83. The molecule has 1 saturated heterocycles. The highest BCUT2D eigenvalue weighted by molar-refractivity contribution is 5.78. The summed E-state index contributed by atoms with van der Waals surface area (Å²) < 4.78 is 0. The molecule has 0 bridgehead atoms. The minimum absolute atomic E-state index is 0.554. The number of likely N-dealkylation sites (tertiary alicyclic amines) is 1. The average Bonchev–Trinajstić information content (AvgIpc) is 2.50. The Hall–Kier alpha value is -0.770. The van der Waals surface area contributed by atoms with Crippen LogP contribution in [0.5, 0.6) is 0 Å². The highest BCUT2D eigenvalue weighted by Gasteiger charge is 2.25. The highest BCUT2D eigenvalue weighted by Crippen LogP contribution is 2.16. The molecular formula is C9H20N4. The van der Waals surface area contributed by atoms with E-state index in [0.29, 0.717) is 12.0 Å². The molecule has 1 rings (SSSR count). The molecule has 0 aromatic carbocycles. The summed E-state index contributed by atoms with van der Waals surface area (Å²) in [6, 6.07) is 0.554. The zero-order chi connectivity index (χ0) is 9.84. The molecule has 1 aliphatic rings. The van der Waals surface area contributed by atoms with Gasteiger partial charge in [0.2, 0.25) is 0 Å². The lowest BCUT2D eigenvalue weighted by molar-refractivity contribution is 0.284. The molecule has 0 aromatic heterocycles. The van der Waals surface area contributed by atoms with Crippen molar-refractivity contribution in [2.75, 3.05) is 34.2 Å². The van der Waals surface area contributed by atoms with Crippen LogP contribution in [-0.4, -0.2) is 56.0 Å². The van der Waals surface area contributed by atoms with Crippen LogP contribution in [0.25, 0.3) is 0 Å². The number of nitrogens with zero attached hydrogens (tertiary/aromatic N) is 3. The molecule has 0 amide bonds. The molecule has 76 valence electrons. The first kappa shape index (κ1) is 10.3. The molecule has 0 saturated carbocycles. The Bertz CT molecular complexity index is 188. The van der Waals surface area contributed by atoms with E-state index in [0.717, 1.165) is 13.1 Å². The van der Waals surface area contributed by atoms with Crippen molar-refractivity contribution >= 4 is 5.96 Å². The number of rotatable bonds is 2. The molecule has 13 heavy (non-hydrogen) atoms. The van der Waals surface area contributed by atoms with Gasteiger partial charge in [-0.3, -0.25) is 4.99 Å². The van der Waals surface area contributed by atoms with Gasteiger partial charge in [0.25, 0.3) is 0 Å². The Balaban J connectivity index is 2.53. The summed E-state index contributed by atoms with van der Waals surface area (Å²) >= 11 is 0. The fraction of sp³-hybridized carbons (Fsp3) is 0.889. The van der Waals surface area contributed by atoms with Gasteiger partial charge in [-0.1, -0.05) is 0 Å². The van der Waals surface area contributed by atoms with Gasteiger partial charge in [-0.2, -0.15) is 0 Å². The van der Waals surface area contributed by atoms with Gasteiger partial charge < -0.3 is 15.5 Å². The van der Waals surface area contributed by atoms with Crippen molar-refractivity contribution < 1.29 is 0 Å². The SMILES string of the molecule is CN=C(N)N1CCCC1CN(C)C. The van der Waals surface area contributed by atoms with E-state index in [1.165, 1.54) is 12.8 Å². The van der Waals surface area contributed by atoms with E-state index in [-0.39, 0.29) is 0 Å². The maximum atomic E-state index is 5.80. The van der Waals surface area contributed by atoms with Gasteiger partial charge in [0.15, 0.2) is 5.96 Å². The largest absolute Gasteiger partial charge is 0.370 e. The summed E-state index contributed by atoms with van der Waals surface area (Å²) in [7, 11) is 5.94. The van der Waals surface area contributed by atoms with Crippen molar-refractivity contribution in [1.82, 2.24) is 9.80 Å². The summed E-state index contributed by atoms with van der Waals surface area (Å²) in [4.78, 5) is 8.44. The molecule has 4 heteroatoms. The van der Waals surface area contributed by atoms with E-state index in [1.807, 2.05) is 0 Å². The molecule has 1 atom stereocenters. The molecule has 1 fully saturated rings. The van der Waals surface area contributed by atoms with Crippen LogP contribution in [0.3, 0.4) is 0 Å².